The second-order valence-electron chi connectivity index (χ2n) is 3.82. The van der Waals surface area contributed by atoms with E-state index in [1.54, 1.807) is 6.20 Å². The largest absolute Gasteiger partial charge is 0.389 e. The number of nitrogens with zero attached hydrogens (tertiary/aromatic N) is 3. The van der Waals surface area contributed by atoms with Gasteiger partial charge in [-0.25, -0.2) is 0 Å². The molecule has 0 atom stereocenters. The molecule has 0 radical (unpaired) electrons. The smallest absolute Gasteiger partial charge is 0.231 e. The van der Waals surface area contributed by atoms with E-state index >= 15 is 0 Å². The molecule has 20 heavy (non-hydrogen) atoms. The molecule has 2 aromatic heterocycles. The fraction of sp³-hybridized carbons (Fsp3) is 0.273. The van der Waals surface area contributed by atoms with Crippen LogP contribution < -0.4 is 16.4 Å². The second-order valence-corrected chi connectivity index (χ2v) is 4.61. The van der Waals surface area contributed by atoms with E-state index in [4.69, 9.17) is 11.1 Å². The zero-order chi connectivity index (χ0) is 14.5. The number of H-pyrrole nitrogens is 1. The Balaban J connectivity index is 2.34. The molecule has 0 saturated heterocycles. The van der Waals surface area contributed by atoms with Crippen molar-refractivity contribution < 1.29 is 0 Å². The van der Waals surface area contributed by atoms with Gasteiger partial charge in [-0.2, -0.15) is 15.1 Å². The van der Waals surface area contributed by atoms with Gasteiger partial charge in [-0.3, -0.25) is 5.10 Å². The minimum absolute atomic E-state index is 0.318. The van der Waals surface area contributed by atoms with Gasteiger partial charge in [0, 0.05) is 19.0 Å². The number of nitrogens with one attached hydrogen (secondary N) is 4. The van der Waals surface area contributed by atoms with Crippen molar-refractivity contribution in [1.82, 2.24) is 25.5 Å². The SMILES string of the molecule is CCN/C=C(\C=N)Nc1nc(N)c2c(SC)n[nH]c2n1. The number of nitrogen functional groups attached to an aromatic ring is 1. The van der Waals surface area contributed by atoms with Crippen molar-refractivity contribution in [1.29, 1.82) is 5.41 Å². The van der Waals surface area contributed by atoms with Crippen LogP contribution in [0.15, 0.2) is 16.9 Å². The van der Waals surface area contributed by atoms with E-state index < -0.39 is 0 Å². The van der Waals surface area contributed by atoms with E-state index in [-0.39, 0.29) is 0 Å². The Hall–Kier alpha value is -2.29. The molecule has 0 aliphatic rings. The third-order valence-electron chi connectivity index (χ3n) is 2.48. The van der Waals surface area contributed by atoms with Crippen molar-refractivity contribution in [3.63, 3.8) is 0 Å². The Morgan fingerprint density at radius 3 is 2.95 bits per heavy atom. The predicted molar refractivity (Wildman–Crippen MR) is 82.0 cm³/mol. The van der Waals surface area contributed by atoms with Crippen molar-refractivity contribution in [2.24, 2.45) is 0 Å². The summed E-state index contributed by atoms with van der Waals surface area (Å²) >= 11 is 1.47. The summed E-state index contributed by atoms with van der Waals surface area (Å²) in [5.74, 6) is 0.669. The number of aromatic amines is 1. The van der Waals surface area contributed by atoms with Gasteiger partial charge in [0.05, 0.1) is 11.1 Å². The Bertz CT molecular complexity index is 647. The summed E-state index contributed by atoms with van der Waals surface area (Å²) in [7, 11) is 0. The van der Waals surface area contributed by atoms with Crippen LogP contribution in [-0.4, -0.2) is 39.2 Å². The second kappa shape index (κ2) is 6.24. The van der Waals surface area contributed by atoms with E-state index in [1.165, 1.54) is 18.0 Å². The lowest BCUT2D eigenvalue weighted by Crippen LogP contribution is -2.11. The lowest BCUT2D eigenvalue weighted by molar-refractivity contribution is 0.913. The normalized spacial score (nSPS) is 11.6. The third kappa shape index (κ3) is 2.82. The fourth-order valence-corrected chi connectivity index (χ4v) is 2.13. The lowest BCUT2D eigenvalue weighted by atomic mass is 10.4. The number of fused-ring (bicyclic) bond motifs is 1. The minimum Gasteiger partial charge on any atom is -0.389 e. The Morgan fingerprint density at radius 1 is 1.50 bits per heavy atom. The summed E-state index contributed by atoms with van der Waals surface area (Å²) in [6, 6.07) is 0. The van der Waals surface area contributed by atoms with Gasteiger partial charge in [-0.15, -0.1) is 11.8 Å². The van der Waals surface area contributed by atoms with Crippen molar-refractivity contribution >= 4 is 40.8 Å². The molecular formula is C11H16N8S. The molecule has 9 heteroatoms. The first-order chi connectivity index (χ1) is 9.69. The van der Waals surface area contributed by atoms with Gasteiger partial charge < -0.3 is 21.8 Å². The first-order valence-corrected chi connectivity index (χ1v) is 7.18. The van der Waals surface area contributed by atoms with Crippen molar-refractivity contribution in [2.45, 2.75) is 11.9 Å². The maximum Gasteiger partial charge on any atom is 0.231 e. The number of allylic oxidation sites excluding steroid dienone is 1. The Labute approximate surface area is 120 Å². The highest BCUT2D eigenvalue weighted by molar-refractivity contribution is 7.98. The van der Waals surface area contributed by atoms with Gasteiger partial charge in [0.15, 0.2) is 5.65 Å². The number of anilines is 2. The highest BCUT2D eigenvalue weighted by Gasteiger charge is 2.12. The van der Waals surface area contributed by atoms with Gasteiger partial charge in [-0.1, -0.05) is 0 Å². The van der Waals surface area contributed by atoms with Crippen LogP contribution >= 0.6 is 11.8 Å². The average Bonchev–Trinajstić information content (AvgIpc) is 2.86. The van der Waals surface area contributed by atoms with Crippen LogP contribution in [0.2, 0.25) is 0 Å². The predicted octanol–water partition coefficient (Wildman–Crippen LogP) is 1.17. The fourth-order valence-electron chi connectivity index (χ4n) is 1.59. The molecule has 0 aromatic carbocycles. The van der Waals surface area contributed by atoms with Crippen LogP contribution in [0.3, 0.4) is 0 Å². The van der Waals surface area contributed by atoms with Crippen LogP contribution in [0.1, 0.15) is 6.92 Å². The minimum atomic E-state index is 0.318. The van der Waals surface area contributed by atoms with Crippen molar-refractivity contribution in [2.75, 3.05) is 23.9 Å². The topological polar surface area (TPSA) is 128 Å². The van der Waals surface area contributed by atoms with Crippen molar-refractivity contribution in [3.05, 3.63) is 11.9 Å². The number of rotatable bonds is 6. The monoisotopic (exact) mass is 292 g/mol. The molecule has 0 fully saturated rings. The first-order valence-electron chi connectivity index (χ1n) is 5.96. The molecule has 0 aliphatic heterocycles. The molecule has 0 aliphatic carbocycles. The number of thioether (sulfide) groups is 1. The van der Waals surface area contributed by atoms with Crippen LogP contribution in [0.4, 0.5) is 11.8 Å². The molecule has 2 aromatic rings. The summed E-state index contributed by atoms with van der Waals surface area (Å²) in [6.07, 6.45) is 4.76. The van der Waals surface area contributed by atoms with Crippen LogP contribution in [0.25, 0.3) is 11.0 Å². The molecule has 0 unspecified atom stereocenters. The molecule has 2 heterocycles. The van der Waals surface area contributed by atoms with Gasteiger partial charge in [0.1, 0.15) is 10.8 Å². The lowest BCUT2D eigenvalue weighted by Gasteiger charge is -2.06. The molecule has 0 spiro atoms. The summed E-state index contributed by atoms with van der Waals surface area (Å²) < 4.78 is 0. The molecule has 8 nitrogen and oxygen atoms in total. The van der Waals surface area contributed by atoms with E-state index in [1.807, 2.05) is 13.2 Å². The van der Waals surface area contributed by atoms with Gasteiger partial charge in [0.2, 0.25) is 5.95 Å². The number of nitrogens with two attached hydrogens (primary N) is 1. The number of aromatic nitrogens is 4. The van der Waals surface area contributed by atoms with E-state index in [2.05, 4.69) is 30.8 Å². The Morgan fingerprint density at radius 2 is 2.30 bits per heavy atom. The summed E-state index contributed by atoms with van der Waals surface area (Å²) in [4.78, 5) is 8.48. The quantitative estimate of drug-likeness (QED) is 0.399. The molecule has 6 N–H and O–H groups in total. The van der Waals surface area contributed by atoms with Crippen LogP contribution in [0, 0.1) is 5.41 Å². The van der Waals surface area contributed by atoms with Gasteiger partial charge in [-0.05, 0) is 13.2 Å². The molecule has 0 bridgehead atoms. The van der Waals surface area contributed by atoms with E-state index in [9.17, 15) is 0 Å². The zero-order valence-corrected chi connectivity index (χ0v) is 12.0. The zero-order valence-electron chi connectivity index (χ0n) is 11.2. The summed E-state index contributed by atoms with van der Waals surface area (Å²) in [5.41, 5.74) is 7.04. The summed E-state index contributed by atoms with van der Waals surface area (Å²) in [5, 5.41) is 21.7. The van der Waals surface area contributed by atoms with Crippen molar-refractivity contribution in [3.8, 4) is 0 Å². The molecule has 106 valence electrons. The van der Waals surface area contributed by atoms with Gasteiger partial charge in [0.25, 0.3) is 0 Å². The van der Waals surface area contributed by atoms with Crippen LogP contribution in [-0.2, 0) is 0 Å². The summed E-state index contributed by atoms with van der Waals surface area (Å²) in [6.45, 7) is 2.73. The molecular weight excluding hydrogens is 276 g/mol. The number of hydrogen-bond donors (Lipinski definition) is 5. The van der Waals surface area contributed by atoms with E-state index in [0.717, 1.165) is 17.0 Å². The maximum absolute atomic E-state index is 7.33. The molecule has 0 saturated carbocycles. The van der Waals surface area contributed by atoms with E-state index in [0.29, 0.717) is 23.1 Å². The molecule has 0 amide bonds. The highest BCUT2D eigenvalue weighted by atomic mass is 32.2. The molecule has 2 rings (SSSR count). The first kappa shape index (κ1) is 14.1. The maximum atomic E-state index is 7.33. The van der Waals surface area contributed by atoms with Crippen LogP contribution in [0.5, 0.6) is 0 Å². The number of hydrogen-bond acceptors (Lipinski definition) is 8. The highest BCUT2D eigenvalue weighted by Crippen LogP contribution is 2.27. The standard InChI is InChI=1S/C11H16N8S/c1-3-14-5-6(4-12)15-11-16-8(13)7-9(17-11)18-19-10(7)20-2/h4-5,12,14H,3H2,1-2H3,(H4,13,15,16,17,18,19)/b6-5+,12-4?. The average molecular weight is 292 g/mol. The van der Waals surface area contributed by atoms with Gasteiger partial charge >= 0.3 is 0 Å². The Kier molecular flexibility index (Phi) is 4.41. The third-order valence-corrected chi connectivity index (χ3v) is 3.16.